The molecule has 0 bridgehead atoms. The first-order valence-corrected chi connectivity index (χ1v) is 6.53. The molecule has 0 aromatic heterocycles. The fraction of sp³-hybridized carbons (Fsp3) is 0.538. The van der Waals surface area contributed by atoms with Gasteiger partial charge in [-0.15, -0.1) is 0 Å². The summed E-state index contributed by atoms with van der Waals surface area (Å²) >= 11 is 12.1. The molecule has 102 valence electrons. The number of hydrogen-bond acceptors (Lipinski definition) is 3. The molecule has 1 rings (SSSR count). The molecule has 0 atom stereocenters. The number of benzene rings is 1. The number of aliphatic hydroxyl groups excluding tert-OH is 1. The summed E-state index contributed by atoms with van der Waals surface area (Å²) in [6, 6.07) is 3.48. The molecule has 3 nitrogen and oxygen atoms in total. The molecule has 0 amide bonds. The van der Waals surface area contributed by atoms with E-state index in [0.717, 1.165) is 5.56 Å². The van der Waals surface area contributed by atoms with E-state index in [9.17, 15) is 0 Å². The zero-order valence-corrected chi connectivity index (χ0v) is 12.4. The summed E-state index contributed by atoms with van der Waals surface area (Å²) < 4.78 is 5.28. The first-order valence-electron chi connectivity index (χ1n) is 5.77. The van der Waals surface area contributed by atoms with Gasteiger partial charge in [-0.2, -0.15) is 0 Å². The van der Waals surface area contributed by atoms with Crippen LogP contribution in [0.4, 0.5) is 0 Å². The molecule has 5 heteroatoms. The summed E-state index contributed by atoms with van der Waals surface area (Å²) in [7, 11) is 1.58. The Hall–Kier alpha value is -0.480. The van der Waals surface area contributed by atoms with E-state index in [1.807, 2.05) is 19.9 Å². The second kappa shape index (κ2) is 6.62. The predicted molar refractivity (Wildman–Crippen MR) is 75.6 cm³/mol. The van der Waals surface area contributed by atoms with Gasteiger partial charge in [0.1, 0.15) is 5.75 Å². The lowest BCUT2D eigenvalue weighted by atomic mass is 10.0. The van der Waals surface area contributed by atoms with Crippen LogP contribution in [0.1, 0.15) is 25.8 Å². The van der Waals surface area contributed by atoms with Crippen LogP contribution in [0.25, 0.3) is 0 Å². The molecule has 1 aromatic carbocycles. The number of methoxy groups -OCH3 is 1. The second-order valence-corrected chi connectivity index (χ2v) is 5.63. The summed E-state index contributed by atoms with van der Waals surface area (Å²) in [5, 5.41) is 13.4. The number of nitrogens with one attached hydrogen (secondary N) is 1. The first kappa shape index (κ1) is 15.6. The monoisotopic (exact) mass is 291 g/mol. The molecule has 2 N–H and O–H groups in total. The molecule has 0 radical (unpaired) electrons. The highest BCUT2D eigenvalue weighted by atomic mass is 35.5. The minimum absolute atomic E-state index is 0.146. The van der Waals surface area contributed by atoms with Crippen LogP contribution < -0.4 is 10.1 Å². The molecule has 0 spiro atoms. The first-order chi connectivity index (χ1) is 8.39. The van der Waals surface area contributed by atoms with E-state index >= 15 is 0 Å². The van der Waals surface area contributed by atoms with Crippen LogP contribution in [0.2, 0.25) is 10.0 Å². The van der Waals surface area contributed by atoms with Crippen LogP contribution in [0.15, 0.2) is 12.1 Å². The van der Waals surface area contributed by atoms with Crippen LogP contribution in [0.3, 0.4) is 0 Å². The topological polar surface area (TPSA) is 41.5 Å². The lowest BCUT2D eigenvalue weighted by Crippen LogP contribution is -2.39. The van der Waals surface area contributed by atoms with E-state index in [4.69, 9.17) is 33.0 Å². The molecule has 0 aliphatic rings. The Morgan fingerprint density at radius 3 is 2.56 bits per heavy atom. The van der Waals surface area contributed by atoms with E-state index in [1.165, 1.54) is 0 Å². The van der Waals surface area contributed by atoms with Crippen LogP contribution in [0.5, 0.6) is 5.75 Å². The normalized spacial score (nSPS) is 11.7. The summed E-state index contributed by atoms with van der Waals surface area (Å²) in [5.41, 5.74) is 0.746. The molecule has 0 saturated carbocycles. The molecule has 0 unspecified atom stereocenters. The maximum atomic E-state index is 8.98. The van der Waals surface area contributed by atoms with E-state index < -0.39 is 0 Å². The van der Waals surface area contributed by atoms with Crippen molar-refractivity contribution in [1.29, 1.82) is 0 Å². The third-order valence-corrected chi connectivity index (χ3v) is 3.28. The predicted octanol–water partition coefficient (Wildman–Crippen LogP) is 3.25. The zero-order valence-electron chi connectivity index (χ0n) is 10.9. The Morgan fingerprint density at radius 2 is 2.00 bits per heavy atom. The number of ether oxygens (including phenoxy) is 1. The average Bonchev–Trinajstić information content (AvgIpc) is 2.26. The van der Waals surface area contributed by atoms with Crippen LogP contribution in [-0.4, -0.2) is 24.4 Å². The number of rotatable bonds is 6. The van der Waals surface area contributed by atoms with Crippen LogP contribution in [-0.2, 0) is 6.54 Å². The Bertz CT molecular complexity index is 408. The molecule has 0 heterocycles. The zero-order chi connectivity index (χ0) is 13.8. The quantitative estimate of drug-likeness (QED) is 0.845. The second-order valence-electron chi connectivity index (χ2n) is 4.79. The third kappa shape index (κ3) is 4.32. The number of hydrogen-bond donors (Lipinski definition) is 2. The molecule has 18 heavy (non-hydrogen) atoms. The standard InChI is InChI=1S/C13H19Cl2NO2/c1-13(2,4-5-17)16-8-9-6-10(14)7-11(15)12(9)18-3/h6-7,16-17H,4-5,8H2,1-3H3. The van der Waals surface area contributed by atoms with Gasteiger partial charge in [0, 0.05) is 29.3 Å². The van der Waals surface area contributed by atoms with Crippen molar-refractivity contribution < 1.29 is 9.84 Å². The van der Waals surface area contributed by atoms with E-state index in [1.54, 1.807) is 13.2 Å². The largest absolute Gasteiger partial charge is 0.495 e. The highest BCUT2D eigenvalue weighted by Gasteiger charge is 2.18. The third-order valence-electron chi connectivity index (χ3n) is 2.78. The van der Waals surface area contributed by atoms with Crippen molar-refractivity contribution in [3.8, 4) is 5.75 Å². The Labute approximate surface area is 118 Å². The molecule has 0 saturated heterocycles. The van der Waals surface area contributed by atoms with Gasteiger partial charge in [-0.05, 0) is 32.4 Å². The van der Waals surface area contributed by atoms with Crippen LogP contribution in [0, 0.1) is 0 Å². The van der Waals surface area contributed by atoms with Gasteiger partial charge in [-0.25, -0.2) is 0 Å². The van der Waals surface area contributed by atoms with Crippen LogP contribution >= 0.6 is 23.2 Å². The molecular formula is C13H19Cl2NO2. The van der Waals surface area contributed by atoms with Gasteiger partial charge >= 0.3 is 0 Å². The minimum atomic E-state index is -0.158. The average molecular weight is 292 g/mol. The number of aliphatic hydroxyl groups is 1. The molecule has 0 aliphatic heterocycles. The Kier molecular flexibility index (Phi) is 5.73. The van der Waals surface area contributed by atoms with Gasteiger partial charge in [0.25, 0.3) is 0 Å². The summed E-state index contributed by atoms with van der Waals surface area (Å²) in [6.45, 7) is 4.79. The smallest absolute Gasteiger partial charge is 0.142 e. The van der Waals surface area contributed by atoms with Gasteiger partial charge in [0.15, 0.2) is 0 Å². The highest BCUT2D eigenvalue weighted by Crippen LogP contribution is 2.32. The van der Waals surface area contributed by atoms with E-state index in [2.05, 4.69) is 5.32 Å². The van der Waals surface area contributed by atoms with Gasteiger partial charge < -0.3 is 15.2 Å². The minimum Gasteiger partial charge on any atom is -0.495 e. The molecular weight excluding hydrogens is 273 g/mol. The fourth-order valence-electron chi connectivity index (χ4n) is 1.68. The van der Waals surface area contributed by atoms with Crippen molar-refractivity contribution in [2.24, 2.45) is 0 Å². The van der Waals surface area contributed by atoms with Gasteiger partial charge in [-0.3, -0.25) is 0 Å². The summed E-state index contributed by atoms with van der Waals surface area (Å²) in [4.78, 5) is 0. The molecule has 1 aromatic rings. The van der Waals surface area contributed by atoms with Crippen molar-refractivity contribution >= 4 is 23.2 Å². The summed E-state index contributed by atoms with van der Waals surface area (Å²) in [5.74, 6) is 0.633. The highest BCUT2D eigenvalue weighted by molar-refractivity contribution is 6.35. The lowest BCUT2D eigenvalue weighted by molar-refractivity contribution is 0.229. The Morgan fingerprint density at radius 1 is 1.33 bits per heavy atom. The number of halogens is 2. The SMILES string of the molecule is COc1c(Cl)cc(Cl)cc1CNC(C)(C)CCO. The maximum absolute atomic E-state index is 8.98. The van der Waals surface area contributed by atoms with E-state index in [0.29, 0.717) is 28.8 Å². The molecule has 0 fully saturated rings. The lowest BCUT2D eigenvalue weighted by Gasteiger charge is -2.26. The van der Waals surface area contributed by atoms with Gasteiger partial charge in [-0.1, -0.05) is 23.2 Å². The van der Waals surface area contributed by atoms with Crippen molar-refractivity contribution in [2.75, 3.05) is 13.7 Å². The maximum Gasteiger partial charge on any atom is 0.142 e. The van der Waals surface area contributed by atoms with Crippen molar-refractivity contribution in [3.63, 3.8) is 0 Å². The fourth-order valence-corrected chi connectivity index (χ4v) is 2.29. The Balaban J connectivity index is 2.84. The van der Waals surface area contributed by atoms with Gasteiger partial charge in [0.05, 0.1) is 12.1 Å². The van der Waals surface area contributed by atoms with Crippen molar-refractivity contribution in [2.45, 2.75) is 32.4 Å². The molecule has 0 aliphatic carbocycles. The van der Waals surface area contributed by atoms with Gasteiger partial charge in [0.2, 0.25) is 0 Å². The van der Waals surface area contributed by atoms with E-state index in [-0.39, 0.29) is 12.1 Å². The van der Waals surface area contributed by atoms with Crippen molar-refractivity contribution in [3.05, 3.63) is 27.7 Å². The van der Waals surface area contributed by atoms with Crippen molar-refractivity contribution in [1.82, 2.24) is 5.32 Å². The summed E-state index contributed by atoms with van der Waals surface area (Å²) in [6.07, 6.45) is 0.670.